The van der Waals surface area contributed by atoms with Crippen LogP contribution in [0.25, 0.3) is 0 Å². The van der Waals surface area contributed by atoms with E-state index in [-0.39, 0.29) is 5.91 Å². The lowest BCUT2D eigenvalue weighted by Gasteiger charge is -2.13. The number of anilines is 1. The van der Waals surface area contributed by atoms with E-state index >= 15 is 0 Å². The number of carbonyl (C=O) groups is 1. The molecule has 16 heavy (non-hydrogen) atoms. The minimum Gasteiger partial charge on any atom is -0.324 e. The molecule has 1 atom stereocenters. The highest BCUT2D eigenvalue weighted by atomic mass is 35.5. The Hall–Kier alpha value is -1.06. The summed E-state index contributed by atoms with van der Waals surface area (Å²) >= 11 is 5.83. The van der Waals surface area contributed by atoms with E-state index in [9.17, 15) is 4.79 Å². The third kappa shape index (κ3) is 3.51. The van der Waals surface area contributed by atoms with Crippen LogP contribution in [0.3, 0.4) is 0 Å². The molecule has 0 aliphatic rings. The van der Waals surface area contributed by atoms with Crippen LogP contribution in [0, 0.1) is 6.92 Å². The van der Waals surface area contributed by atoms with Gasteiger partial charge in [0.25, 0.3) is 0 Å². The minimum absolute atomic E-state index is 0.146. The van der Waals surface area contributed by atoms with Crippen LogP contribution in [0.15, 0.2) is 18.2 Å². The van der Waals surface area contributed by atoms with E-state index in [0.717, 1.165) is 17.7 Å². The number of nitrogens with one attached hydrogen (secondary N) is 1. The molecule has 1 aromatic carbocycles. The van der Waals surface area contributed by atoms with Gasteiger partial charge in [0.05, 0.1) is 6.04 Å². The van der Waals surface area contributed by atoms with Gasteiger partial charge in [0.2, 0.25) is 5.91 Å². The van der Waals surface area contributed by atoms with Gasteiger partial charge in [-0.05, 0) is 37.1 Å². The van der Waals surface area contributed by atoms with Gasteiger partial charge in [0.15, 0.2) is 0 Å². The molecule has 0 aromatic heterocycles. The third-order valence-electron chi connectivity index (χ3n) is 2.38. The maximum Gasteiger partial charge on any atom is 0.241 e. The van der Waals surface area contributed by atoms with Crippen molar-refractivity contribution in [1.29, 1.82) is 0 Å². The van der Waals surface area contributed by atoms with Gasteiger partial charge in [-0.3, -0.25) is 4.79 Å². The number of aryl methyl sites for hydroxylation is 1. The molecule has 0 spiro atoms. The van der Waals surface area contributed by atoms with Crippen molar-refractivity contribution in [3.05, 3.63) is 28.8 Å². The molecular formula is C12H17ClN2O. The highest BCUT2D eigenvalue weighted by Crippen LogP contribution is 2.19. The van der Waals surface area contributed by atoms with E-state index in [1.807, 2.05) is 19.9 Å². The van der Waals surface area contributed by atoms with Crippen LogP contribution in [0.1, 0.15) is 25.3 Å². The lowest BCUT2D eigenvalue weighted by molar-refractivity contribution is -0.117. The van der Waals surface area contributed by atoms with Crippen LogP contribution in [0.5, 0.6) is 0 Å². The van der Waals surface area contributed by atoms with Crippen LogP contribution in [0.2, 0.25) is 5.02 Å². The van der Waals surface area contributed by atoms with Crippen molar-refractivity contribution in [3.8, 4) is 0 Å². The Morgan fingerprint density at radius 3 is 2.81 bits per heavy atom. The maximum absolute atomic E-state index is 11.7. The Balaban J connectivity index is 2.69. The van der Waals surface area contributed by atoms with E-state index in [0.29, 0.717) is 11.4 Å². The topological polar surface area (TPSA) is 55.1 Å². The van der Waals surface area contributed by atoms with Gasteiger partial charge in [0, 0.05) is 10.7 Å². The van der Waals surface area contributed by atoms with Crippen molar-refractivity contribution >= 4 is 23.2 Å². The van der Waals surface area contributed by atoms with Gasteiger partial charge < -0.3 is 11.1 Å². The second-order valence-electron chi connectivity index (χ2n) is 3.84. The molecule has 0 aliphatic heterocycles. The lowest BCUT2D eigenvalue weighted by atomic mass is 10.1. The minimum atomic E-state index is -0.444. The molecule has 4 heteroatoms. The fraction of sp³-hybridized carbons (Fsp3) is 0.417. The normalized spacial score (nSPS) is 12.2. The van der Waals surface area contributed by atoms with Gasteiger partial charge in [-0.25, -0.2) is 0 Å². The number of hydrogen-bond donors (Lipinski definition) is 2. The Morgan fingerprint density at radius 2 is 2.25 bits per heavy atom. The van der Waals surface area contributed by atoms with E-state index in [1.165, 1.54) is 0 Å². The van der Waals surface area contributed by atoms with Gasteiger partial charge in [-0.15, -0.1) is 0 Å². The molecule has 0 saturated heterocycles. The summed E-state index contributed by atoms with van der Waals surface area (Å²) < 4.78 is 0. The van der Waals surface area contributed by atoms with E-state index in [2.05, 4.69) is 5.32 Å². The van der Waals surface area contributed by atoms with Gasteiger partial charge in [0.1, 0.15) is 0 Å². The van der Waals surface area contributed by atoms with Gasteiger partial charge >= 0.3 is 0 Å². The first kappa shape index (κ1) is 13.0. The molecule has 1 unspecified atom stereocenters. The average molecular weight is 241 g/mol. The zero-order valence-corrected chi connectivity index (χ0v) is 10.3. The molecular weight excluding hydrogens is 224 g/mol. The Bertz CT molecular complexity index is 379. The highest BCUT2D eigenvalue weighted by molar-refractivity contribution is 6.30. The van der Waals surface area contributed by atoms with Crippen LogP contribution < -0.4 is 11.1 Å². The number of halogens is 1. The SMILES string of the molecule is CCCC(N)C(=O)Nc1ccc(Cl)cc1C. The summed E-state index contributed by atoms with van der Waals surface area (Å²) in [6, 6.07) is 4.90. The molecule has 3 N–H and O–H groups in total. The largest absolute Gasteiger partial charge is 0.324 e. The van der Waals surface area contributed by atoms with Crippen molar-refractivity contribution < 1.29 is 4.79 Å². The Kier molecular flexibility index (Phi) is 4.77. The smallest absolute Gasteiger partial charge is 0.241 e. The molecule has 0 aliphatic carbocycles. The lowest BCUT2D eigenvalue weighted by Crippen LogP contribution is -2.35. The molecule has 0 bridgehead atoms. The van der Waals surface area contributed by atoms with Crippen LogP contribution in [-0.2, 0) is 4.79 Å². The summed E-state index contributed by atoms with van der Waals surface area (Å²) in [6.07, 6.45) is 1.59. The zero-order valence-electron chi connectivity index (χ0n) is 9.59. The van der Waals surface area contributed by atoms with Crippen LogP contribution in [-0.4, -0.2) is 11.9 Å². The average Bonchev–Trinajstić information content (AvgIpc) is 2.22. The molecule has 0 heterocycles. The van der Waals surface area contributed by atoms with Crippen LogP contribution in [0.4, 0.5) is 5.69 Å². The number of carbonyl (C=O) groups excluding carboxylic acids is 1. The molecule has 0 saturated carbocycles. The molecule has 1 aromatic rings. The zero-order chi connectivity index (χ0) is 12.1. The van der Waals surface area contributed by atoms with Crippen molar-refractivity contribution in [2.24, 2.45) is 5.73 Å². The number of benzene rings is 1. The van der Waals surface area contributed by atoms with Gasteiger partial charge in [-0.2, -0.15) is 0 Å². The van der Waals surface area contributed by atoms with E-state index in [1.54, 1.807) is 12.1 Å². The first-order valence-electron chi connectivity index (χ1n) is 5.37. The second-order valence-corrected chi connectivity index (χ2v) is 4.28. The summed E-state index contributed by atoms with van der Waals surface area (Å²) in [6.45, 7) is 3.90. The van der Waals surface area contributed by atoms with Crippen molar-refractivity contribution in [2.75, 3.05) is 5.32 Å². The van der Waals surface area contributed by atoms with Crippen molar-refractivity contribution in [2.45, 2.75) is 32.7 Å². The summed E-state index contributed by atoms with van der Waals surface area (Å²) in [5, 5.41) is 3.46. The quantitative estimate of drug-likeness (QED) is 0.850. The maximum atomic E-state index is 11.7. The predicted molar refractivity (Wildman–Crippen MR) is 67.7 cm³/mol. The first-order chi connectivity index (χ1) is 7.54. The number of amides is 1. The van der Waals surface area contributed by atoms with Crippen molar-refractivity contribution in [3.63, 3.8) is 0 Å². The van der Waals surface area contributed by atoms with E-state index in [4.69, 9.17) is 17.3 Å². The summed E-state index contributed by atoms with van der Waals surface area (Å²) in [5.41, 5.74) is 7.42. The molecule has 1 rings (SSSR count). The number of rotatable bonds is 4. The molecule has 0 fully saturated rings. The van der Waals surface area contributed by atoms with Crippen molar-refractivity contribution in [1.82, 2.24) is 0 Å². The van der Waals surface area contributed by atoms with E-state index < -0.39 is 6.04 Å². The summed E-state index contributed by atoms with van der Waals surface area (Å²) in [5.74, 6) is -0.146. The predicted octanol–water partition coefficient (Wildman–Crippen LogP) is 2.71. The highest BCUT2D eigenvalue weighted by Gasteiger charge is 2.13. The second kappa shape index (κ2) is 5.87. The number of nitrogens with two attached hydrogens (primary N) is 1. The standard InChI is InChI=1S/C12H17ClN2O/c1-3-4-10(14)12(16)15-11-6-5-9(13)7-8(11)2/h5-7,10H,3-4,14H2,1-2H3,(H,15,16). The molecule has 88 valence electrons. The number of hydrogen-bond acceptors (Lipinski definition) is 2. The fourth-order valence-electron chi connectivity index (χ4n) is 1.43. The molecule has 1 amide bonds. The third-order valence-corrected chi connectivity index (χ3v) is 2.62. The summed E-state index contributed by atoms with van der Waals surface area (Å²) in [7, 11) is 0. The van der Waals surface area contributed by atoms with Gasteiger partial charge in [-0.1, -0.05) is 24.9 Å². The summed E-state index contributed by atoms with van der Waals surface area (Å²) in [4.78, 5) is 11.7. The molecule has 0 radical (unpaired) electrons. The van der Waals surface area contributed by atoms with Crippen LogP contribution >= 0.6 is 11.6 Å². The Morgan fingerprint density at radius 1 is 1.56 bits per heavy atom. The first-order valence-corrected chi connectivity index (χ1v) is 5.75. The molecule has 3 nitrogen and oxygen atoms in total. The monoisotopic (exact) mass is 240 g/mol. The Labute approximate surface area is 101 Å². The fourth-order valence-corrected chi connectivity index (χ4v) is 1.66.